The molecule has 0 unspecified atom stereocenters. The summed E-state index contributed by atoms with van der Waals surface area (Å²) in [6, 6.07) is 6.45. The Morgan fingerprint density at radius 1 is 0.611 bits per heavy atom. The van der Waals surface area contributed by atoms with E-state index in [9.17, 15) is 10.1 Å². The summed E-state index contributed by atoms with van der Waals surface area (Å²) in [5.41, 5.74) is 0.855. The van der Waals surface area contributed by atoms with Gasteiger partial charge in [0.25, 0.3) is 5.69 Å². The minimum atomic E-state index is -0.409. The van der Waals surface area contributed by atoms with Crippen molar-refractivity contribution in [3.05, 3.63) is 39.8 Å². The van der Waals surface area contributed by atoms with Crippen LogP contribution in [0.4, 0.5) is 5.69 Å². The van der Waals surface area contributed by atoms with Crippen molar-refractivity contribution in [2.75, 3.05) is 39.6 Å². The van der Waals surface area contributed by atoms with E-state index in [0.29, 0.717) is 62.6 Å². The first-order valence-corrected chi connectivity index (χ1v) is 13.7. The summed E-state index contributed by atoms with van der Waals surface area (Å²) in [7, 11) is 0. The quantitative estimate of drug-likeness (QED) is 0.225. The monoisotopic (exact) mass is 543 g/mol. The number of benzene rings is 1. The van der Waals surface area contributed by atoms with E-state index in [1.807, 2.05) is 5.38 Å². The van der Waals surface area contributed by atoms with Crippen molar-refractivity contribution in [3.8, 4) is 64.4 Å². The first-order valence-electron chi connectivity index (χ1n) is 11.2. The predicted octanol–water partition coefficient (Wildman–Crippen LogP) is 6.09. The molecule has 36 heavy (non-hydrogen) atoms. The summed E-state index contributed by atoms with van der Waals surface area (Å²) in [6.07, 6.45) is 0. The Balaban J connectivity index is 1.39. The highest BCUT2D eigenvalue weighted by Gasteiger charge is 2.35. The molecule has 0 bridgehead atoms. The van der Waals surface area contributed by atoms with Crippen LogP contribution in [0.5, 0.6) is 34.5 Å². The highest BCUT2D eigenvalue weighted by molar-refractivity contribution is 7.28. The van der Waals surface area contributed by atoms with Crippen LogP contribution in [0.25, 0.3) is 29.9 Å². The van der Waals surface area contributed by atoms with Crippen LogP contribution in [0.2, 0.25) is 0 Å². The molecule has 0 aliphatic carbocycles. The van der Waals surface area contributed by atoms with E-state index in [2.05, 4.69) is 0 Å². The Kier molecular flexibility index (Phi) is 5.19. The SMILES string of the molecule is O=[N+]([O-])c1ccc(-c2sc(-c3sc(-c4scc5c4OCCO5)c4c3OCCO4)c3c2OCCO3)cc1. The van der Waals surface area contributed by atoms with Gasteiger partial charge in [0.05, 0.1) is 29.3 Å². The van der Waals surface area contributed by atoms with Crippen LogP contribution in [-0.4, -0.2) is 44.6 Å². The summed E-state index contributed by atoms with van der Waals surface area (Å²) in [6.45, 7) is 2.78. The molecule has 3 aliphatic heterocycles. The number of nitro benzene ring substituents is 1. The van der Waals surface area contributed by atoms with Crippen molar-refractivity contribution in [2.24, 2.45) is 0 Å². The predicted molar refractivity (Wildman–Crippen MR) is 136 cm³/mol. The van der Waals surface area contributed by atoms with Gasteiger partial charge in [0.15, 0.2) is 34.5 Å². The molecule has 1 aromatic carbocycles. The van der Waals surface area contributed by atoms with Crippen molar-refractivity contribution in [2.45, 2.75) is 0 Å². The maximum absolute atomic E-state index is 11.1. The van der Waals surface area contributed by atoms with Crippen molar-refractivity contribution < 1.29 is 33.3 Å². The van der Waals surface area contributed by atoms with Crippen molar-refractivity contribution >= 4 is 39.7 Å². The van der Waals surface area contributed by atoms with Crippen molar-refractivity contribution in [3.63, 3.8) is 0 Å². The van der Waals surface area contributed by atoms with Crippen molar-refractivity contribution in [1.29, 1.82) is 0 Å². The van der Waals surface area contributed by atoms with E-state index >= 15 is 0 Å². The smallest absolute Gasteiger partial charge is 0.269 e. The molecule has 0 saturated carbocycles. The number of non-ortho nitro benzene ring substituents is 1. The molecule has 9 nitrogen and oxygen atoms in total. The van der Waals surface area contributed by atoms with E-state index in [4.69, 9.17) is 28.4 Å². The Bertz CT molecular complexity index is 1490. The number of rotatable bonds is 4. The number of fused-ring (bicyclic) bond motifs is 3. The highest BCUT2D eigenvalue weighted by atomic mass is 32.1. The van der Waals surface area contributed by atoms with Gasteiger partial charge < -0.3 is 28.4 Å². The molecule has 7 rings (SSSR count). The van der Waals surface area contributed by atoms with Crippen LogP contribution in [0.3, 0.4) is 0 Å². The molecule has 12 heteroatoms. The van der Waals surface area contributed by atoms with Gasteiger partial charge in [0.1, 0.15) is 39.6 Å². The van der Waals surface area contributed by atoms with Crippen LogP contribution < -0.4 is 28.4 Å². The van der Waals surface area contributed by atoms with E-state index in [1.165, 1.54) is 23.5 Å². The average Bonchev–Trinajstić information content (AvgIpc) is 3.62. The lowest BCUT2D eigenvalue weighted by Gasteiger charge is -2.19. The van der Waals surface area contributed by atoms with E-state index in [-0.39, 0.29) is 5.69 Å². The Labute approximate surface area is 216 Å². The fraction of sp³-hybridized carbons (Fsp3) is 0.250. The molecule has 0 atom stereocenters. The summed E-state index contributed by atoms with van der Waals surface area (Å²) in [5, 5.41) is 13.1. The fourth-order valence-corrected chi connectivity index (χ4v) is 7.88. The van der Waals surface area contributed by atoms with Crippen molar-refractivity contribution in [1.82, 2.24) is 0 Å². The van der Waals surface area contributed by atoms with E-state index in [0.717, 1.165) is 41.4 Å². The van der Waals surface area contributed by atoms with E-state index in [1.54, 1.807) is 34.8 Å². The summed E-state index contributed by atoms with van der Waals surface area (Å²) in [4.78, 5) is 15.2. The average molecular weight is 544 g/mol. The van der Waals surface area contributed by atoms with Gasteiger partial charge in [0, 0.05) is 17.5 Å². The number of thiophene rings is 3. The number of nitrogens with zero attached hydrogens (tertiary/aromatic N) is 1. The van der Waals surface area contributed by atoms with Crippen LogP contribution in [0, 0.1) is 10.1 Å². The molecule has 0 saturated heterocycles. The normalized spacial score (nSPS) is 15.6. The lowest BCUT2D eigenvalue weighted by molar-refractivity contribution is -0.384. The third kappa shape index (κ3) is 3.39. The van der Waals surface area contributed by atoms with Gasteiger partial charge in [-0.3, -0.25) is 10.1 Å². The van der Waals surface area contributed by atoms with Gasteiger partial charge in [-0.25, -0.2) is 0 Å². The van der Waals surface area contributed by atoms with Crippen LogP contribution in [0.15, 0.2) is 29.6 Å². The van der Waals surface area contributed by atoms with Gasteiger partial charge in [-0.05, 0) is 17.7 Å². The summed E-state index contributed by atoms with van der Waals surface area (Å²) in [5.74, 6) is 4.13. The maximum Gasteiger partial charge on any atom is 0.269 e. The van der Waals surface area contributed by atoms with E-state index < -0.39 is 4.92 Å². The Hall–Kier alpha value is -3.48. The molecular formula is C24H17NO8S3. The molecule has 0 fully saturated rings. The molecule has 3 aliphatic rings. The molecule has 0 spiro atoms. The van der Waals surface area contributed by atoms with Crippen LogP contribution >= 0.6 is 34.0 Å². The Morgan fingerprint density at radius 3 is 1.67 bits per heavy atom. The lowest BCUT2D eigenvalue weighted by Crippen LogP contribution is -2.16. The molecule has 0 amide bonds. The topological polar surface area (TPSA) is 98.5 Å². The van der Waals surface area contributed by atoms with Gasteiger partial charge in [-0.1, -0.05) is 0 Å². The number of ether oxygens (including phenoxy) is 6. The van der Waals surface area contributed by atoms with Gasteiger partial charge in [-0.15, -0.1) is 34.0 Å². The van der Waals surface area contributed by atoms with Gasteiger partial charge >= 0.3 is 0 Å². The third-order valence-corrected chi connectivity index (χ3v) is 9.47. The minimum Gasteiger partial charge on any atom is -0.485 e. The third-order valence-electron chi connectivity index (χ3n) is 5.85. The second-order valence-electron chi connectivity index (χ2n) is 7.99. The molecule has 184 valence electrons. The molecule has 0 N–H and O–H groups in total. The van der Waals surface area contributed by atoms with Crippen LogP contribution in [-0.2, 0) is 0 Å². The molecule has 6 heterocycles. The first kappa shape index (κ1) is 21.8. The molecular weight excluding hydrogens is 526 g/mol. The molecule has 0 radical (unpaired) electrons. The number of hydrogen-bond acceptors (Lipinski definition) is 11. The zero-order chi connectivity index (χ0) is 24.2. The van der Waals surface area contributed by atoms with Gasteiger partial charge in [-0.2, -0.15) is 0 Å². The Morgan fingerprint density at radius 2 is 1.08 bits per heavy atom. The standard InChI is InChI=1S/C24H17NO8S3/c26-25(27)13-3-1-12(2-4-13)20-16-17(31-8-7-30-16)23(35-20)24-19-18(32-9-10-33-19)22(36-24)21-15-14(11-34-21)28-5-6-29-15/h1-4,11H,5-10H2. The minimum absolute atomic E-state index is 0.0366. The second kappa shape index (κ2) is 8.57. The molecule has 4 aromatic rings. The fourth-order valence-electron chi connectivity index (χ4n) is 4.29. The van der Waals surface area contributed by atoms with Gasteiger partial charge in [0.2, 0.25) is 0 Å². The lowest BCUT2D eigenvalue weighted by atomic mass is 10.1. The summed E-state index contributed by atoms with van der Waals surface area (Å²) < 4.78 is 36.1. The van der Waals surface area contributed by atoms with Crippen LogP contribution in [0.1, 0.15) is 0 Å². The highest BCUT2D eigenvalue weighted by Crippen LogP contribution is 2.63. The zero-order valence-corrected chi connectivity index (χ0v) is 21.0. The maximum atomic E-state index is 11.1. The molecule has 3 aromatic heterocycles. The number of nitro groups is 1. The summed E-state index contributed by atoms with van der Waals surface area (Å²) >= 11 is 4.62. The largest absolute Gasteiger partial charge is 0.485 e. The zero-order valence-electron chi connectivity index (χ0n) is 18.6. The first-order chi connectivity index (χ1) is 17.7. The number of hydrogen-bond donors (Lipinski definition) is 0. The second-order valence-corrected chi connectivity index (χ2v) is 10.9.